The van der Waals surface area contributed by atoms with Gasteiger partial charge in [0.2, 0.25) is 5.91 Å². The number of esters is 1. The van der Waals surface area contributed by atoms with Crippen LogP contribution in [0.4, 0.5) is 0 Å². The molecule has 16 heavy (non-hydrogen) atoms. The summed E-state index contributed by atoms with van der Waals surface area (Å²) in [4.78, 5) is 22.0. The summed E-state index contributed by atoms with van der Waals surface area (Å²) >= 11 is 3.33. The number of rotatable bonds is 4. The molecule has 0 aromatic heterocycles. The molecule has 0 bridgehead atoms. The maximum atomic E-state index is 11.2. The van der Waals surface area contributed by atoms with Gasteiger partial charge in [-0.1, -0.05) is 28.1 Å². The Hall–Kier alpha value is -1.36. The summed E-state index contributed by atoms with van der Waals surface area (Å²) in [5, 5.41) is 2.63. The number of amides is 1. The van der Waals surface area contributed by atoms with Crippen molar-refractivity contribution in [2.45, 2.75) is 13.0 Å². The van der Waals surface area contributed by atoms with Crippen LogP contribution in [0.5, 0.6) is 0 Å². The Morgan fingerprint density at radius 2 is 2.19 bits per heavy atom. The van der Waals surface area contributed by atoms with Gasteiger partial charge >= 0.3 is 5.97 Å². The van der Waals surface area contributed by atoms with Crippen LogP contribution in [0.15, 0.2) is 28.7 Å². The number of ether oxygens (including phenoxy) is 1. The van der Waals surface area contributed by atoms with Crippen molar-refractivity contribution in [2.75, 3.05) is 7.11 Å². The predicted molar refractivity (Wildman–Crippen MR) is 62.6 cm³/mol. The number of carbonyl (C=O) groups is 2. The van der Waals surface area contributed by atoms with Crippen LogP contribution in [0.25, 0.3) is 0 Å². The summed E-state index contributed by atoms with van der Waals surface area (Å²) in [6.07, 6.45) is -0.246. The van der Waals surface area contributed by atoms with Gasteiger partial charge in [0.15, 0.2) is 0 Å². The number of hydrogen-bond acceptors (Lipinski definition) is 3. The van der Waals surface area contributed by atoms with Crippen LogP contribution in [0, 0.1) is 0 Å². The highest BCUT2D eigenvalue weighted by atomic mass is 79.9. The van der Waals surface area contributed by atoms with Gasteiger partial charge < -0.3 is 10.1 Å². The molecule has 0 aliphatic rings. The number of carbonyl (C=O) groups excluding carboxylic acids is 2. The zero-order chi connectivity index (χ0) is 12.0. The summed E-state index contributed by atoms with van der Waals surface area (Å²) in [5.74, 6) is -0.876. The van der Waals surface area contributed by atoms with Gasteiger partial charge in [0.25, 0.3) is 0 Å². The zero-order valence-corrected chi connectivity index (χ0v) is 10.4. The monoisotopic (exact) mass is 285 g/mol. The average molecular weight is 286 g/mol. The van der Waals surface area contributed by atoms with E-state index in [4.69, 9.17) is 0 Å². The molecule has 5 heteroatoms. The lowest BCUT2D eigenvalue weighted by atomic mass is 10.2. The molecule has 4 nitrogen and oxygen atoms in total. The number of nitrogens with one attached hydrogen (secondary N) is 1. The Morgan fingerprint density at radius 1 is 1.44 bits per heavy atom. The molecule has 0 aliphatic heterocycles. The molecule has 0 heterocycles. The van der Waals surface area contributed by atoms with Crippen molar-refractivity contribution in [3.63, 3.8) is 0 Å². The van der Waals surface area contributed by atoms with Crippen LogP contribution in [0.1, 0.15) is 12.0 Å². The molecule has 0 saturated carbocycles. The summed E-state index contributed by atoms with van der Waals surface area (Å²) < 4.78 is 5.34. The molecule has 0 saturated heterocycles. The van der Waals surface area contributed by atoms with E-state index in [-0.39, 0.29) is 12.3 Å². The minimum Gasteiger partial charge on any atom is -0.469 e. The fourth-order valence-corrected chi connectivity index (χ4v) is 1.56. The maximum Gasteiger partial charge on any atom is 0.315 e. The highest BCUT2D eigenvalue weighted by Gasteiger charge is 2.08. The van der Waals surface area contributed by atoms with E-state index in [0.717, 1.165) is 10.0 Å². The van der Waals surface area contributed by atoms with E-state index in [0.29, 0.717) is 6.54 Å². The lowest BCUT2D eigenvalue weighted by molar-refractivity contribution is -0.143. The molecule has 1 aromatic rings. The van der Waals surface area contributed by atoms with Crippen LogP contribution in [-0.2, 0) is 20.9 Å². The Labute approximate surface area is 102 Å². The molecule has 86 valence electrons. The van der Waals surface area contributed by atoms with Gasteiger partial charge in [-0.15, -0.1) is 0 Å². The summed E-state index contributed by atoms with van der Waals surface area (Å²) in [6, 6.07) is 7.58. The minimum atomic E-state index is -0.535. The molecule has 0 unspecified atom stereocenters. The van der Waals surface area contributed by atoms with Gasteiger partial charge in [-0.3, -0.25) is 9.59 Å². The van der Waals surface area contributed by atoms with Crippen molar-refractivity contribution >= 4 is 27.8 Å². The highest BCUT2D eigenvalue weighted by molar-refractivity contribution is 9.10. The number of methoxy groups -OCH3 is 1. The van der Waals surface area contributed by atoms with E-state index in [1.165, 1.54) is 7.11 Å². The minimum absolute atomic E-state index is 0.246. The van der Waals surface area contributed by atoms with Crippen molar-refractivity contribution < 1.29 is 14.3 Å². The summed E-state index contributed by atoms with van der Waals surface area (Å²) in [5.41, 5.74) is 0.965. The summed E-state index contributed by atoms with van der Waals surface area (Å²) in [7, 11) is 1.25. The second kappa shape index (κ2) is 6.27. The number of halogens is 1. The van der Waals surface area contributed by atoms with Gasteiger partial charge in [0.05, 0.1) is 7.11 Å². The number of hydrogen-bond donors (Lipinski definition) is 1. The predicted octanol–water partition coefficient (Wildman–Crippen LogP) is 1.63. The van der Waals surface area contributed by atoms with Crippen LogP contribution in [0.2, 0.25) is 0 Å². The topological polar surface area (TPSA) is 55.4 Å². The third-order valence-corrected chi connectivity index (χ3v) is 2.40. The number of benzene rings is 1. The molecule has 1 aromatic carbocycles. The second-order valence-corrected chi connectivity index (χ2v) is 4.08. The Kier molecular flexibility index (Phi) is 4.98. The first-order chi connectivity index (χ1) is 7.61. The van der Waals surface area contributed by atoms with Crippen molar-refractivity contribution in [1.82, 2.24) is 5.32 Å². The van der Waals surface area contributed by atoms with Crippen LogP contribution in [0.3, 0.4) is 0 Å². The van der Waals surface area contributed by atoms with Crippen LogP contribution in [-0.4, -0.2) is 19.0 Å². The molecule has 0 fully saturated rings. The second-order valence-electron chi connectivity index (χ2n) is 3.16. The van der Waals surface area contributed by atoms with Crippen molar-refractivity contribution in [3.05, 3.63) is 34.3 Å². The molecule has 0 aliphatic carbocycles. The highest BCUT2D eigenvalue weighted by Crippen LogP contribution is 2.11. The fraction of sp³-hybridized carbons (Fsp3) is 0.273. The molecule has 0 radical (unpaired) electrons. The van der Waals surface area contributed by atoms with E-state index in [1.54, 1.807) is 0 Å². The normalized spacial score (nSPS) is 9.62. The van der Waals surface area contributed by atoms with Gasteiger partial charge in [-0.2, -0.15) is 0 Å². The standard InChI is InChI=1S/C11H12BrNO3/c1-16-11(15)6-10(14)13-7-8-3-2-4-9(12)5-8/h2-5H,6-7H2,1H3,(H,13,14). The fourth-order valence-electron chi connectivity index (χ4n) is 1.11. The largest absolute Gasteiger partial charge is 0.469 e. The molecule has 0 atom stereocenters. The van der Waals surface area contributed by atoms with Gasteiger partial charge in [0.1, 0.15) is 6.42 Å². The van der Waals surface area contributed by atoms with Crippen molar-refractivity contribution in [1.29, 1.82) is 0 Å². The lowest BCUT2D eigenvalue weighted by Crippen LogP contribution is -2.25. The quantitative estimate of drug-likeness (QED) is 0.676. The van der Waals surface area contributed by atoms with Crippen molar-refractivity contribution in [3.8, 4) is 0 Å². The Morgan fingerprint density at radius 3 is 2.81 bits per heavy atom. The van der Waals surface area contributed by atoms with Gasteiger partial charge in [0, 0.05) is 11.0 Å². The lowest BCUT2D eigenvalue weighted by Gasteiger charge is -2.04. The molecule has 1 N–H and O–H groups in total. The van der Waals surface area contributed by atoms with E-state index >= 15 is 0 Å². The molecular weight excluding hydrogens is 274 g/mol. The maximum absolute atomic E-state index is 11.2. The van der Waals surface area contributed by atoms with Gasteiger partial charge in [-0.25, -0.2) is 0 Å². The average Bonchev–Trinajstić information content (AvgIpc) is 2.26. The summed E-state index contributed by atoms with van der Waals surface area (Å²) in [6.45, 7) is 0.398. The first-order valence-corrected chi connectivity index (χ1v) is 5.49. The smallest absolute Gasteiger partial charge is 0.315 e. The zero-order valence-electron chi connectivity index (χ0n) is 8.83. The molecule has 1 rings (SSSR count). The van der Waals surface area contributed by atoms with E-state index in [2.05, 4.69) is 26.0 Å². The van der Waals surface area contributed by atoms with Crippen molar-refractivity contribution in [2.24, 2.45) is 0 Å². The SMILES string of the molecule is COC(=O)CC(=O)NCc1cccc(Br)c1. The third kappa shape index (κ3) is 4.44. The Bertz CT molecular complexity index is 393. The van der Waals surface area contributed by atoms with Gasteiger partial charge in [-0.05, 0) is 17.7 Å². The molecule has 1 amide bonds. The Balaban J connectivity index is 2.40. The van der Waals surface area contributed by atoms with Crippen LogP contribution >= 0.6 is 15.9 Å². The first kappa shape index (κ1) is 12.7. The van der Waals surface area contributed by atoms with E-state index in [1.807, 2.05) is 24.3 Å². The molecule has 0 spiro atoms. The van der Waals surface area contributed by atoms with Crippen LogP contribution < -0.4 is 5.32 Å². The molecular formula is C11H12BrNO3. The van der Waals surface area contributed by atoms with E-state index in [9.17, 15) is 9.59 Å². The third-order valence-electron chi connectivity index (χ3n) is 1.91. The first-order valence-electron chi connectivity index (χ1n) is 4.70. The van der Waals surface area contributed by atoms with E-state index < -0.39 is 5.97 Å².